The number of benzene rings is 2. The Balaban J connectivity index is 1.41. The molecule has 0 unspecified atom stereocenters. The lowest BCUT2D eigenvalue weighted by Gasteiger charge is -2.33. The quantitative estimate of drug-likeness (QED) is 0.670. The van der Waals surface area contributed by atoms with Crippen LogP contribution in [0.15, 0.2) is 54.6 Å². The van der Waals surface area contributed by atoms with Crippen LogP contribution in [-0.4, -0.2) is 36.7 Å². The van der Waals surface area contributed by atoms with Crippen LogP contribution in [0, 0.1) is 0 Å². The van der Waals surface area contributed by atoms with Gasteiger partial charge in [0.2, 0.25) is 0 Å². The standard InChI is InChI=1S/C23H30N2O3/c1-2-25(20-11-7-4-8-12-20)17-18-27-21-13-15-22(16-14-21)28-23(26)24-19-9-5-3-6-10-19/h3,5-6,9-10,13-16,20H,2,4,7-8,11-12,17-18H2,1H3,(H,24,26). The molecule has 0 saturated heterocycles. The van der Waals surface area contributed by atoms with Gasteiger partial charge in [-0.2, -0.15) is 0 Å². The predicted molar refractivity (Wildman–Crippen MR) is 112 cm³/mol. The van der Waals surface area contributed by atoms with Crippen LogP contribution < -0.4 is 14.8 Å². The Labute approximate surface area is 167 Å². The maximum absolute atomic E-state index is 11.9. The van der Waals surface area contributed by atoms with Gasteiger partial charge in [-0.15, -0.1) is 0 Å². The Morgan fingerprint density at radius 1 is 1.00 bits per heavy atom. The van der Waals surface area contributed by atoms with E-state index in [1.807, 2.05) is 42.5 Å². The van der Waals surface area contributed by atoms with Crippen LogP contribution in [-0.2, 0) is 0 Å². The highest BCUT2D eigenvalue weighted by molar-refractivity contribution is 5.86. The van der Waals surface area contributed by atoms with E-state index in [0.29, 0.717) is 24.1 Å². The summed E-state index contributed by atoms with van der Waals surface area (Å²) in [5, 5.41) is 2.69. The lowest BCUT2D eigenvalue weighted by atomic mass is 9.94. The molecule has 0 bridgehead atoms. The van der Waals surface area contributed by atoms with Crippen molar-refractivity contribution >= 4 is 11.8 Å². The zero-order chi connectivity index (χ0) is 19.6. The highest BCUT2D eigenvalue weighted by Gasteiger charge is 2.19. The number of nitrogens with zero attached hydrogens (tertiary/aromatic N) is 1. The number of hydrogen-bond donors (Lipinski definition) is 1. The van der Waals surface area contributed by atoms with Crippen molar-refractivity contribution in [2.75, 3.05) is 25.0 Å². The summed E-state index contributed by atoms with van der Waals surface area (Å²) >= 11 is 0. The molecule has 1 N–H and O–H groups in total. The van der Waals surface area contributed by atoms with E-state index in [4.69, 9.17) is 9.47 Å². The second-order valence-electron chi connectivity index (χ2n) is 7.12. The monoisotopic (exact) mass is 382 g/mol. The number of nitrogens with one attached hydrogen (secondary N) is 1. The fourth-order valence-corrected chi connectivity index (χ4v) is 3.70. The Bertz CT molecular complexity index is 712. The van der Waals surface area contributed by atoms with Crippen molar-refractivity contribution in [2.24, 2.45) is 0 Å². The number of rotatable bonds is 8. The minimum absolute atomic E-state index is 0.484. The Morgan fingerprint density at radius 3 is 2.36 bits per heavy atom. The van der Waals surface area contributed by atoms with Gasteiger partial charge in [0.25, 0.3) is 0 Å². The van der Waals surface area contributed by atoms with E-state index in [1.165, 1.54) is 32.1 Å². The molecule has 0 aromatic heterocycles. The third kappa shape index (κ3) is 6.27. The molecule has 1 amide bonds. The van der Waals surface area contributed by atoms with E-state index in [1.54, 1.807) is 12.1 Å². The second-order valence-corrected chi connectivity index (χ2v) is 7.12. The van der Waals surface area contributed by atoms with Gasteiger partial charge in [-0.3, -0.25) is 10.2 Å². The summed E-state index contributed by atoms with van der Waals surface area (Å²) in [5.74, 6) is 1.27. The molecule has 5 heteroatoms. The molecule has 150 valence electrons. The Morgan fingerprint density at radius 2 is 1.68 bits per heavy atom. The summed E-state index contributed by atoms with van der Waals surface area (Å²) in [5.41, 5.74) is 0.700. The number of amides is 1. The van der Waals surface area contributed by atoms with Crippen LogP contribution in [0.4, 0.5) is 10.5 Å². The molecular weight excluding hydrogens is 352 g/mol. The first kappa shape index (κ1) is 20.2. The van der Waals surface area contributed by atoms with Crippen LogP contribution in [0.1, 0.15) is 39.0 Å². The molecule has 0 spiro atoms. The molecule has 1 saturated carbocycles. The average Bonchev–Trinajstić information content (AvgIpc) is 2.74. The zero-order valence-electron chi connectivity index (χ0n) is 16.6. The zero-order valence-corrected chi connectivity index (χ0v) is 16.6. The predicted octanol–water partition coefficient (Wildman–Crippen LogP) is 5.33. The number of likely N-dealkylation sites (N-methyl/N-ethyl adjacent to an activating group) is 1. The summed E-state index contributed by atoms with van der Waals surface area (Å²) in [6.07, 6.45) is 6.19. The molecule has 0 atom stereocenters. The largest absolute Gasteiger partial charge is 0.492 e. The molecule has 0 heterocycles. The number of carbonyl (C=O) groups excluding carboxylic acids is 1. The van der Waals surface area contributed by atoms with Crippen molar-refractivity contribution in [3.63, 3.8) is 0 Å². The third-order valence-corrected chi connectivity index (χ3v) is 5.20. The first-order valence-electron chi connectivity index (χ1n) is 10.3. The highest BCUT2D eigenvalue weighted by Crippen LogP contribution is 2.23. The van der Waals surface area contributed by atoms with Crippen LogP contribution in [0.2, 0.25) is 0 Å². The van der Waals surface area contributed by atoms with Gasteiger partial charge in [-0.25, -0.2) is 4.79 Å². The minimum atomic E-state index is -0.508. The summed E-state index contributed by atoms with van der Waals surface area (Å²) in [6, 6.07) is 17.1. The lowest BCUT2D eigenvalue weighted by Crippen LogP contribution is -2.39. The van der Waals surface area contributed by atoms with Crippen molar-refractivity contribution in [1.29, 1.82) is 0 Å². The normalized spacial score (nSPS) is 14.6. The molecule has 1 aliphatic rings. The van der Waals surface area contributed by atoms with Gasteiger partial charge in [-0.1, -0.05) is 44.4 Å². The number of para-hydroxylation sites is 1. The van der Waals surface area contributed by atoms with Gasteiger partial charge >= 0.3 is 6.09 Å². The van der Waals surface area contributed by atoms with Crippen molar-refractivity contribution in [3.8, 4) is 11.5 Å². The van der Waals surface area contributed by atoms with E-state index in [2.05, 4.69) is 17.1 Å². The maximum Gasteiger partial charge on any atom is 0.417 e. The lowest BCUT2D eigenvalue weighted by molar-refractivity contribution is 0.137. The molecule has 0 aliphatic heterocycles. The molecule has 5 nitrogen and oxygen atoms in total. The summed E-state index contributed by atoms with van der Waals surface area (Å²) in [6.45, 7) is 4.90. The number of anilines is 1. The molecule has 0 radical (unpaired) electrons. The molecule has 2 aromatic rings. The van der Waals surface area contributed by atoms with Crippen LogP contribution in [0.25, 0.3) is 0 Å². The van der Waals surface area contributed by atoms with Crippen LogP contribution in [0.5, 0.6) is 11.5 Å². The van der Waals surface area contributed by atoms with Gasteiger partial charge in [-0.05, 0) is 55.8 Å². The SMILES string of the molecule is CCN(CCOc1ccc(OC(=O)Nc2ccccc2)cc1)C1CCCCC1. The third-order valence-electron chi connectivity index (χ3n) is 5.20. The van der Waals surface area contributed by atoms with E-state index in [0.717, 1.165) is 18.8 Å². The number of hydrogen-bond acceptors (Lipinski definition) is 4. The topological polar surface area (TPSA) is 50.8 Å². The molecule has 28 heavy (non-hydrogen) atoms. The van der Waals surface area contributed by atoms with E-state index < -0.39 is 6.09 Å². The van der Waals surface area contributed by atoms with Crippen molar-refractivity contribution < 1.29 is 14.3 Å². The molecule has 2 aromatic carbocycles. The molecular formula is C23H30N2O3. The average molecular weight is 383 g/mol. The summed E-state index contributed by atoms with van der Waals surface area (Å²) < 4.78 is 11.2. The number of ether oxygens (including phenoxy) is 2. The highest BCUT2D eigenvalue weighted by atomic mass is 16.6. The summed E-state index contributed by atoms with van der Waals surface area (Å²) in [7, 11) is 0. The van der Waals surface area contributed by atoms with Gasteiger partial charge in [0.15, 0.2) is 0 Å². The first-order valence-corrected chi connectivity index (χ1v) is 10.3. The second kappa shape index (κ2) is 10.7. The number of carbonyl (C=O) groups is 1. The molecule has 1 fully saturated rings. The maximum atomic E-state index is 11.9. The molecule has 1 aliphatic carbocycles. The summed E-state index contributed by atoms with van der Waals surface area (Å²) in [4.78, 5) is 14.5. The van der Waals surface area contributed by atoms with Gasteiger partial charge in [0, 0.05) is 18.3 Å². The van der Waals surface area contributed by atoms with Gasteiger partial charge in [0.05, 0.1) is 0 Å². The van der Waals surface area contributed by atoms with Crippen LogP contribution in [0.3, 0.4) is 0 Å². The van der Waals surface area contributed by atoms with Crippen molar-refractivity contribution in [1.82, 2.24) is 4.90 Å². The van der Waals surface area contributed by atoms with E-state index in [-0.39, 0.29) is 0 Å². The van der Waals surface area contributed by atoms with E-state index >= 15 is 0 Å². The van der Waals surface area contributed by atoms with Gasteiger partial charge < -0.3 is 9.47 Å². The molecule has 3 rings (SSSR count). The fraction of sp³-hybridized carbons (Fsp3) is 0.435. The van der Waals surface area contributed by atoms with Gasteiger partial charge in [0.1, 0.15) is 18.1 Å². The Hall–Kier alpha value is -2.53. The Kier molecular flexibility index (Phi) is 7.73. The van der Waals surface area contributed by atoms with Crippen LogP contribution >= 0.6 is 0 Å². The van der Waals surface area contributed by atoms with Crippen molar-refractivity contribution in [2.45, 2.75) is 45.1 Å². The fourth-order valence-electron chi connectivity index (χ4n) is 3.70. The first-order chi connectivity index (χ1) is 13.7. The minimum Gasteiger partial charge on any atom is -0.492 e. The smallest absolute Gasteiger partial charge is 0.417 e. The van der Waals surface area contributed by atoms with E-state index in [9.17, 15) is 4.79 Å². The van der Waals surface area contributed by atoms with Crippen molar-refractivity contribution in [3.05, 3.63) is 54.6 Å².